The molecule has 1 aromatic carbocycles. The van der Waals surface area contributed by atoms with E-state index in [2.05, 4.69) is 42.2 Å². The van der Waals surface area contributed by atoms with Gasteiger partial charge in [-0.15, -0.1) is 0 Å². The van der Waals surface area contributed by atoms with Crippen LogP contribution in [0.15, 0.2) is 30.3 Å². The summed E-state index contributed by atoms with van der Waals surface area (Å²) < 4.78 is 0. The van der Waals surface area contributed by atoms with Crippen LogP contribution in [-0.4, -0.2) is 24.0 Å². The summed E-state index contributed by atoms with van der Waals surface area (Å²) in [5.74, 6) is 0.871. The maximum absolute atomic E-state index is 5.93. The lowest BCUT2D eigenvalue weighted by molar-refractivity contribution is 0.192. The standard InChI is InChI=1S/C14H20N2/c1-11-14(10-15)7-13(14)9-16(11)8-12-5-3-2-4-6-12/h2-6,11,13H,7-10,15H2,1H3/t11-,13-,14-/m1/s1. The molecule has 0 bridgehead atoms. The Morgan fingerprint density at radius 3 is 2.75 bits per heavy atom. The van der Waals surface area contributed by atoms with Crippen LogP contribution >= 0.6 is 0 Å². The van der Waals surface area contributed by atoms with Gasteiger partial charge in [0.2, 0.25) is 0 Å². The molecule has 3 atom stereocenters. The third-order valence-electron chi connectivity index (χ3n) is 4.72. The molecule has 0 radical (unpaired) electrons. The molecular formula is C14H20N2. The Morgan fingerprint density at radius 1 is 1.38 bits per heavy atom. The van der Waals surface area contributed by atoms with Gasteiger partial charge in [0.25, 0.3) is 0 Å². The molecule has 2 nitrogen and oxygen atoms in total. The van der Waals surface area contributed by atoms with Crippen LogP contribution in [0.3, 0.4) is 0 Å². The summed E-state index contributed by atoms with van der Waals surface area (Å²) in [4.78, 5) is 2.59. The van der Waals surface area contributed by atoms with E-state index >= 15 is 0 Å². The Morgan fingerprint density at radius 2 is 2.12 bits per heavy atom. The Labute approximate surface area is 97.4 Å². The predicted molar refractivity (Wildman–Crippen MR) is 65.9 cm³/mol. The summed E-state index contributed by atoms with van der Waals surface area (Å²) in [5, 5.41) is 0. The molecule has 0 aromatic heterocycles. The summed E-state index contributed by atoms with van der Waals surface area (Å²) in [7, 11) is 0. The van der Waals surface area contributed by atoms with Crippen molar-refractivity contribution < 1.29 is 0 Å². The van der Waals surface area contributed by atoms with Gasteiger partial charge in [-0.05, 0) is 31.4 Å². The second kappa shape index (κ2) is 3.57. The van der Waals surface area contributed by atoms with Gasteiger partial charge >= 0.3 is 0 Å². The third-order valence-corrected chi connectivity index (χ3v) is 4.72. The van der Waals surface area contributed by atoms with E-state index in [0.717, 1.165) is 19.0 Å². The van der Waals surface area contributed by atoms with Gasteiger partial charge in [-0.25, -0.2) is 0 Å². The molecule has 1 heterocycles. The van der Waals surface area contributed by atoms with Gasteiger partial charge in [0.15, 0.2) is 0 Å². The van der Waals surface area contributed by atoms with Gasteiger partial charge in [0.05, 0.1) is 0 Å². The number of hydrogen-bond acceptors (Lipinski definition) is 2. The Balaban J connectivity index is 1.70. The molecule has 1 aliphatic carbocycles. The topological polar surface area (TPSA) is 29.3 Å². The monoisotopic (exact) mass is 216 g/mol. The summed E-state index contributed by atoms with van der Waals surface area (Å²) in [6.45, 7) is 5.54. The summed E-state index contributed by atoms with van der Waals surface area (Å²) in [5.41, 5.74) is 7.82. The highest BCUT2D eigenvalue weighted by molar-refractivity contribution is 5.19. The fraction of sp³-hybridized carbons (Fsp3) is 0.571. The molecule has 3 rings (SSSR count). The van der Waals surface area contributed by atoms with E-state index in [1.807, 2.05) is 0 Å². The second-order valence-electron chi connectivity index (χ2n) is 5.43. The van der Waals surface area contributed by atoms with Crippen molar-refractivity contribution in [3.05, 3.63) is 35.9 Å². The number of piperidine rings is 1. The van der Waals surface area contributed by atoms with Crippen molar-refractivity contribution in [3.8, 4) is 0 Å². The first-order chi connectivity index (χ1) is 7.76. The molecule has 1 saturated carbocycles. The van der Waals surface area contributed by atoms with E-state index in [9.17, 15) is 0 Å². The number of benzene rings is 1. The van der Waals surface area contributed by atoms with E-state index < -0.39 is 0 Å². The Hall–Kier alpha value is -0.860. The minimum absolute atomic E-state index is 0.467. The largest absolute Gasteiger partial charge is 0.330 e. The van der Waals surface area contributed by atoms with Gasteiger partial charge in [-0.2, -0.15) is 0 Å². The number of likely N-dealkylation sites (tertiary alicyclic amines) is 1. The predicted octanol–water partition coefficient (Wildman–Crippen LogP) is 1.86. The van der Waals surface area contributed by atoms with Gasteiger partial charge in [-0.1, -0.05) is 30.3 Å². The number of nitrogens with two attached hydrogens (primary N) is 1. The molecule has 2 aliphatic rings. The highest BCUT2D eigenvalue weighted by Gasteiger charge is 2.62. The highest BCUT2D eigenvalue weighted by Crippen LogP contribution is 2.60. The SMILES string of the molecule is C[C@H]1N(Cc2ccccc2)C[C@H]2C[C@]21CN. The fourth-order valence-corrected chi connectivity index (χ4v) is 3.40. The molecule has 1 aromatic rings. The van der Waals surface area contributed by atoms with Crippen molar-refractivity contribution >= 4 is 0 Å². The maximum Gasteiger partial charge on any atom is 0.0236 e. The third kappa shape index (κ3) is 1.40. The van der Waals surface area contributed by atoms with Crippen LogP contribution in [0.1, 0.15) is 18.9 Å². The van der Waals surface area contributed by atoms with Gasteiger partial charge in [0.1, 0.15) is 0 Å². The van der Waals surface area contributed by atoms with Crippen molar-refractivity contribution in [3.63, 3.8) is 0 Å². The molecule has 2 heteroatoms. The maximum atomic E-state index is 5.93. The van der Waals surface area contributed by atoms with Gasteiger partial charge < -0.3 is 5.73 Å². The molecule has 1 saturated heterocycles. The molecule has 2 N–H and O–H groups in total. The second-order valence-corrected chi connectivity index (χ2v) is 5.43. The Bertz CT molecular complexity index is 372. The summed E-state index contributed by atoms with van der Waals surface area (Å²) in [6, 6.07) is 11.4. The lowest BCUT2D eigenvalue weighted by atomic mass is 9.98. The number of rotatable bonds is 3. The molecule has 16 heavy (non-hydrogen) atoms. The van der Waals surface area contributed by atoms with Gasteiger partial charge in [-0.3, -0.25) is 4.90 Å². The normalized spacial score (nSPS) is 37.4. The van der Waals surface area contributed by atoms with Crippen molar-refractivity contribution in [2.45, 2.75) is 25.9 Å². The fourth-order valence-electron chi connectivity index (χ4n) is 3.40. The van der Waals surface area contributed by atoms with Crippen molar-refractivity contribution in [2.75, 3.05) is 13.1 Å². The zero-order valence-corrected chi connectivity index (χ0v) is 9.89. The average Bonchev–Trinajstić information content (AvgIpc) is 2.97. The van der Waals surface area contributed by atoms with Crippen molar-refractivity contribution in [1.29, 1.82) is 0 Å². The van der Waals surface area contributed by atoms with Crippen LogP contribution in [0, 0.1) is 11.3 Å². The van der Waals surface area contributed by atoms with Crippen LogP contribution in [0.4, 0.5) is 0 Å². The summed E-state index contributed by atoms with van der Waals surface area (Å²) in [6.07, 6.45) is 1.36. The van der Waals surface area contributed by atoms with Crippen LogP contribution in [-0.2, 0) is 6.54 Å². The number of nitrogens with zero attached hydrogens (tertiary/aromatic N) is 1. The molecule has 2 fully saturated rings. The first kappa shape index (κ1) is 10.3. The first-order valence-electron chi connectivity index (χ1n) is 6.24. The zero-order chi connectivity index (χ0) is 11.2. The lowest BCUT2D eigenvalue weighted by Crippen LogP contribution is -2.37. The molecule has 0 unspecified atom stereocenters. The minimum Gasteiger partial charge on any atom is -0.330 e. The lowest BCUT2D eigenvalue weighted by Gasteiger charge is -2.28. The molecule has 0 amide bonds. The van der Waals surface area contributed by atoms with Crippen LogP contribution in [0.25, 0.3) is 0 Å². The summed E-state index contributed by atoms with van der Waals surface area (Å²) >= 11 is 0. The molecule has 86 valence electrons. The van der Waals surface area contributed by atoms with Crippen LogP contribution < -0.4 is 5.73 Å². The molecular weight excluding hydrogens is 196 g/mol. The van der Waals surface area contributed by atoms with Crippen LogP contribution in [0.2, 0.25) is 0 Å². The van der Waals surface area contributed by atoms with Crippen LogP contribution in [0.5, 0.6) is 0 Å². The quantitative estimate of drug-likeness (QED) is 0.835. The highest BCUT2D eigenvalue weighted by atomic mass is 15.2. The van der Waals surface area contributed by atoms with E-state index in [-0.39, 0.29) is 0 Å². The van der Waals surface area contributed by atoms with Crippen molar-refractivity contribution in [2.24, 2.45) is 17.1 Å². The zero-order valence-electron chi connectivity index (χ0n) is 9.89. The number of hydrogen-bond donors (Lipinski definition) is 1. The smallest absolute Gasteiger partial charge is 0.0236 e. The Kier molecular flexibility index (Phi) is 2.30. The first-order valence-corrected chi connectivity index (χ1v) is 6.24. The van der Waals surface area contributed by atoms with E-state index in [1.165, 1.54) is 18.5 Å². The molecule has 0 spiro atoms. The van der Waals surface area contributed by atoms with Crippen molar-refractivity contribution in [1.82, 2.24) is 4.90 Å². The average molecular weight is 216 g/mol. The minimum atomic E-state index is 0.467. The van der Waals surface area contributed by atoms with Gasteiger partial charge in [0, 0.05) is 24.5 Å². The van der Waals surface area contributed by atoms with E-state index in [1.54, 1.807) is 0 Å². The van der Waals surface area contributed by atoms with E-state index in [4.69, 9.17) is 5.73 Å². The number of fused-ring (bicyclic) bond motifs is 1. The molecule has 1 aliphatic heterocycles. The van der Waals surface area contributed by atoms with E-state index in [0.29, 0.717) is 11.5 Å².